The minimum atomic E-state index is -0.275. The third kappa shape index (κ3) is 2.70. The highest BCUT2D eigenvalue weighted by Gasteiger charge is 2.28. The third-order valence-corrected chi connectivity index (χ3v) is 2.41. The van der Waals surface area contributed by atoms with Crippen LogP contribution in [0.15, 0.2) is 0 Å². The summed E-state index contributed by atoms with van der Waals surface area (Å²) in [4.78, 5) is 22.3. The van der Waals surface area contributed by atoms with Crippen molar-refractivity contribution in [2.45, 2.75) is 25.8 Å². The van der Waals surface area contributed by atoms with Gasteiger partial charge in [0.05, 0.1) is 18.6 Å². The topological polar surface area (TPSA) is 78.4 Å². The largest absolute Gasteiger partial charge is 0.394 e. The average molecular weight is 200 g/mol. The molecule has 0 aromatic carbocycles. The lowest BCUT2D eigenvalue weighted by Crippen LogP contribution is -2.41. The van der Waals surface area contributed by atoms with Crippen LogP contribution in [0, 0.1) is 5.92 Å². The minimum absolute atomic E-state index is 0.0592. The van der Waals surface area contributed by atoms with E-state index in [-0.39, 0.29) is 36.8 Å². The van der Waals surface area contributed by atoms with Crippen LogP contribution in [-0.4, -0.2) is 36.1 Å². The molecule has 0 aliphatic carbocycles. The molecule has 1 heterocycles. The van der Waals surface area contributed by atoms with E-state index in [4.69, 9.17) is 5.11 Å². The second-order valence-electron chi connectivity index (χ2n) is 3.50. The summed E-state index contributed by atoms with van der Waals surface area (Å²) in [6.45, 7) is 2.24. The van der Waals surface area contributed by atoms with Gasteiger partial charge in [-0.3, -0.25) is 9.59 Å². The van der Waals surface area contributed by atoms with E-state index in [0.717, 1.165) is 0 Å². The molecule has 2 atom stereocenters. The first kappa shape index (κ1) is 11.0. The van der Waals surface area contributed by atoms with E-state index in [1.165, 1.54) is 0 Å². The molecule has 0 spiro atoms. The van der Waals surface area contributed by atoms with Crippen molar-refractivity contribution < 1.29 is 14.7 Å². The molecule has 3 N–H and O–H groups in total. The van der Waals surface area contributed by atoms with Crippen LogP contribution < -0.4 is 10.6 Å². The Morgan fingerprint density at radius 2 is 2.50 bits per heavy atom. The molecule has 0 radical (unpaired) electrons. The van der Waals surface area contributed by atoms with Crippen molar-refractivity contribution in [1.82, 2.24) is 10.6 Å². The number of rotatable bonds is 4. The Morgan fingerprint density at radius 3 is 2.93 bits per heavy atom. The van der Waals surface area contributed by atoms with Gasteiger partial charge >= 0.3 is 0 Å². The van der Waals surface area contributed by atoms with Crippen molar-refractivity contribution in [3.8, 4) is 0 Å². The Kier molecular flexibility index (Phi) is 3.88. The van der Waals surface area contributed by atoms with Gasteiger partial charge in [0.1, 0.15) is 0 Å². The van der Waals surface area contributed by atoms with Gasteiger partial charge in [0.15, 0.2) is 0 Å². The zero-order valence-electron chi connectivity index (χ0n) is 8.25. The van der Waals surface area contributed by atoms with Gasteiger partial charge in [0, 0.05) is 13.0 Å². The molecule has 5 nitrogen and oxygen atoms in total. The van der Waals surface area contributed by atoms with Crippen LogP contribution in [0.3, 0.4) is 0 Å². The summed E-state index contributed by atoms with van der Waals surface area (Å²) in [6.07, 6.45) is 0.948. The highest BCUT2D eigenvalue weighted by atomic mass is 16.3. The van der Waals surface area contributed by atoms with Crippen molar-refractivity contribution in [3.63, 3.8) is 0 Å². The number of aliphatic hydroxyl groups excluding tert-OH is 1. The van der Waals surface area contributed by atoms with Crippen molar-refractivity contribution in [1.29, 1.82) is 0 Å². The lowest BCUT2D eigenvalue weighted by molar-refractivity contribution is -0.127. The molecule has 2 amide bonds. The van der Waals surface area contributed by atoms with Crippen molar-refractivity contribution in [2.75, 3.05) is 13.2 Å². The number of hydrogen-bond donors (Lipinski definition) is 3. The van der Waals surface area contributed by atoms with Crippen molar-refractivity contribution in [3.05, 3.63) is 0 Å². The Hall–Kier alpha value is -1.10. The molecule has 0 aromatic heterocycles. The van der Waals surface area contributed by atoms with Gasteiger partial charge in [-0.2, -0.15) is 0 Å². The van der Waals surface area contributed by atoms with Crippen LogP contribution in [-0.2, 0) is 9.59 Å². The maximum absolute atomic E-state index is 11.5. The molecule has 5 heteroatoms. The van der Waals surface area contributed by atoms with Crippen molar-refractivity contribution >= 4 is 11.8 Å². The Labute approximate surface area is 82.9 Å². The van der Waals surface area contributed by atoms with Crippen LogP contribution in [0.5, 0.6) is 0 Å². The first-order valence-corrected chi connectivity index (χ1v) is 4.85. The summed E-state index contributed by atoms with van der Waals surface area (Å²) in [5.74, 6) is -0.505. The quantitative estimate of drug-likeness (QED) is 0.545. The molecule has 1 aliphatic heterocycles. The summed E-state index contributed by atoms with van der Waals surface area (Å²) in [5, 5.41) is 14.2. The average Bonchev–Trinajstić information content (AvgIpc) is 2.61. The first-order valence-electron chi connectivity index (χ1n) is 4.85. The maximum atomic E-state index is 11.5. The predicted molar refractivity (Wildman–Crippen MR) is 50.4 cm³/mol. The van der Waals surface area contributed by atoms with E-state index < -0.39 is 0 Å². The monoisotopic (exact) mass is 200 g/mol. The van der Waals surface area contributed by atoms with Crippen LogP contribution in [0.4, 0.5) is 0 Å². The van der Waals surface area contributed by atoms with Crippen LogP contribution in [0.25, 0.3) is 0 Å². The fraction of sp³-hybridized carbons (Fsp3) is 0.778. The Morgan fingerprint density at radius 1 is 1.79 bits per heavy atom. The molecule has 1 aliphatic rings. The van der Waals surface area contributed by atoms with Crippen LogP contribution >= 0.6 is 0 Å². The predicted octanol–water partition coefficient (Wildman–Crippen LogP) is -0.990. The molecule has 14 heavy (non-hydrogen) atoms. The Balaban J connectivity index is 2.38. The van der Waals surface area contributed by atoms with Gasteiger partial charge in [-0.1, -0.05) is 6.92 Å². The Bertz CT molecular complexity index is 226. The highest BCUT2D eigenvalue weighted by Crippen LogP contribution is 2.09. The second-order valence-corrected chi connectivity index (χ2v) is 3.50. The van der Waals surface area contributed by atoms with Gasteiger partial charge in [0.25, 0.3) is 0 Å². The standard InChI is InChI=1S/C9H16N2O3/c1-2-7(5-12)11-9(14)6-3-8(13)10-4-6/h6-7,12H,2-5H2,1H3,(H,10,13)(H,11,14). The van der Waals surface area contributed by atoms with Crippen LogP contribution in [0.2, 0.25) is 0 Å². The lowest BCUT2D eigenvalue weighted by atomic mass is 10.1. The SMILES string of the molecule is CCC(CO)NC(=O)C1CNC(=O)C1. The fourth-order valence-electron chi connectivity index (χ4n) is 1.39. The number of nitrogens with one attached hydrogen (secondary N) is 2. The zero-order chi connectivity index (χ0) is 10.6. The highest BCUT2D eigenvalue weighted by molar-refractivity contribution is 5.89. The molecule has 80 valence electrons. The number of carbonyl (C=O) groups is 2. The normalized spacial score (nSPS) is 23.0. The maximum Gasteiger partial charge on any atom is 0.225 e. The first-order chi connectivity index (χ1) is 6.67. The van der Waals surface area contributed by atoms with E-state index in [2.05, 4.69) is 10.6 Å². The van der Waals surface area contributed by atoms with Gasteiger partial charge in [-0.15, -0.1) is 0 Å². The molecular formula is C9H16N2O3. The molecule has 0 saturated carbocycles. The summed E-state index contributed by atoms with van der Waals surface area (Å²) in [6, 6.07) is -0.196. The number of carbonyl (C=O) groups excluding carboxylic acids is 2. The van der Waals surface area contributed by atoms with Gasteiger partial charge < -0.3 is 15.7 Å². The fourth-order valence-corrected chi connectivity index (χ4v) is 1.39. The van der Waals surface area contributed by atoms with E-state index in [0.29, 0.717) is 13.0 Å². The van der Waals surface area contributed by atoms with Gasteiger partial charge in [-0.05, 0) is 6.42 Å². The summed E-state index contributed by atoms with van der Waals surface area (Å²) in [5.41, 5.74) is 0. The molecule has 0 aromatic rings. The van der Waals surface area contributed by atoms with E-state index >= 15 is 0 Å². The van der Waals surface area contributed by atoms with E-state index in [1.807, 2.05) is 6.92 Å². The number of aliphatic hydroxyl groups is 1. The number of amides is 2. The molecule has 1 saturated heterocycles. The smallest absolute Gasteiger partial charge is 0.225 e. The number of hydrogen-bond acceptors (Lipinski definition) is 3. The summed E-state index contributed by atoms with van der Waals surface area (Å²) in [7, 11) is 0. The lowest BCUT2D eigenvalue weighted by Gasteiger charge is -2.16. The minimum Gasteiger partial charge on any atom is -0.394 e. The zero-order valence-corrected chi connectivity index (χ0v) is 8.25. The van der Waals surface area contributed by atoms with Gasteiger partial charge in [-0.25, -0.2) is 0 Å². The van der Waals surface area contributed by atoms with Gasteiger partial charge in [0.2, 0.25) is 11.8 Å². The van der Waals surface area contributed by atoms with Crippen molar-refractivity contribution in [2.24, 2.45) is 5.92 Å². The molecule has 2 unspecified atom stereocenters. The second kappa shape index (κ2) is 4.95. The van der Waals surface area contributed by atoms with Crippen LogP contribution in [0.1, 0.15) is 19.8 Å². The molecular weight excluding hydrogens is 184 g/mol. The molecule has 1 fully saturated rings. The van der Waals surface area contributed by atoms with E-state index in [1.54, 1.807) is 0 Å². The van der Waals surface area contributed by atoms with E-state index in [9.17, 15) is 9.59 Å². The molecule has 0 bridgehead atoms. The molecule has 1 rings (SSSR count). The summed E-state index contributed by atoms with van der Waals surface area (Å²) >= 11 is 0. The third-order valence-electron chi connectivity index (χ3n) is 2.41. The summed E-state index contributed by atoms with van der Waals surface area (Å²) < 4.78 is 0.